The number of thioether (sulfide) groups is 1. The van der Waals surface area contributed by atoms with Crippen molar-refractivity contribution in [3.8, 4) is 17.1 Å². The highest BCUT2D eigenvalue weighted by atomic mass is 35.5. The standard InChI is InChI=1S/C21H14Cl3N3S/c22-16-5-1-14(2-6-16)13-28-21-26-25-20(15-3-7-17(23)8-4-15)27(21)19-11-9-18(24)10-12-19/h1-12H,13H2. The van der Waals surface area contributed by atoms with Crippen LogP contribution in [0.15, 0.2) is 78.0 Å². The second-order valence-corrected chi connectivity index (χ2v) is 8.29. The van der Waals surface area contributed by atoms with Crippen molar-refractivity contribution in [2.24, 2.45) is 0 Å². The first-order chi connectivity index (χ1) is 13.6. The van der Waals surface area contributed by atoms with Crippen molar-refractivity contribution < 1.29 is 0 Å². The molecule has 0 aliphatic heterocycles. The maximum Gasteiger partial charge on any atom is 0.196 e. The van der Waals surface area contributed by atoms with Gasteiger partial charge in [0, 0.05) is 32.1 Å². The van der Waals surface area contributed by atoms with E-state index in [0.29, 0.717) is 10.0 Å². The highest BCUT2D eigenvalue weighted by molar-refractivity contribution is 7.98. The van der Waals surface area contributed by atoms with Gasteiger partial charge >= 0.3 is 0 Å². The Morgan fingerprint density at radius 1 is 0.679 bits per heavy atom. The molecule has 0 unspecified atom stereocenters. The Morgan fingerprint density at radius 2 is 1.21 bits per heavy atom. The first-order valence-corrected chi connectivity index (χ1v) is 10.6. The van der Waals surface area contributed by atoms with Crippen LogP contribution in [-0.2, 0) is 5.75 Å². The summed E-state index contributed by atoms with van der Waals surface area (Å²) in [4.78, 5) is 0. The number of rotatable bonds is 5. The van der Waals surface area contributed by atoms with Crippen molar-refractivity contribution >= 4 is 46.6 Å². The molecule has 1 aromatic heterocycles. The third-order valence-corrected chi connectivity index (χ3v) is 5.86. The van der Waals surface area contributed by atoms with Gasteiger partial charge in [-0.3, -0.25) is 4.57 Å². The number of benzene rings is 3. The molecule has 0 bridgehead atoms. The molecule has 4 rings (SSSR count). The van der Waals surface area contributed by atoms with Gasteiger partial charge in [-0.15, -0.1) is 10.2 Å². The third kappa shape index (κ3) is 4.36. The molecule has 7 heteroatoms. The van der Waals surface area contributed by atoms with Gasteiger partial charge < -0.3 is 0 Å². The normalized spacial score (nSPS) is 11.0. The number of hydrogen-bond donors (Lipinski definition) is 0. The Bertz CT molecular complexity index is 1080. The number of aromatic nitrogens is 3. The maximum atomic E-state index is 6.07. The lowest BCUT2D eigenvalue weighted by Crippen LogP contribution is -1.99. The maximum absolute atomic E-state index is 6.07. The van der Waals surface area contributed by atoms with Gasteiger partial charge in [-0.2, -0.15) is 0 Å². The van der Waals surface area contributed by atoms with Gasteiger partial charge in [-0.1, -0.05) is 58.7 Å². The minimum atomic E-state index is 0.679. The van der Waals surface area contributed by atoms with E-state index < -0.39 is 0 Å². The molecule has 1 heterocycles. The predicted molar refractivity (Wildman–Crippen MR) is 118 cm³/mol. The summed E-state index contributed by atoms with van der Waals surface area (Å²) in [5.41, 5.74) is 3.04. The van der Waals surface area contributed by atoms with Crippen LogP contribution >= 0.6 is 46.6 Å². The van der Waals surface area contributed by atoms with Gasteiger partial charge in [0.2, 0.25) is 0 Å². The summed E-state index contributed by atoms with van der Waals surface area (Å²) >= 11 is 19.7. The minimum Gasteiger partial charge on any atom is -0.270 e. The Hall–Kier alpha value is -1.98. The van der Waals surface area contributed by atoms with E-state index in [1.807, 2.05) is 77.4 Å². The van der Waals surface area contributed by atoms with Crippen LogP contribution in [-0.4, -0.2) is 14.8 Å². The van der Waals surface area contributed by atoms with Crippen molar-refractivity contribution in [3.05, 3.63) is 93.4 Å². The van der Waals surface area contributed by atoms with Gasteiger partial charge in [-0.05, 0) is 66.2 Å². The van der Waals surface area contributed by atoms with Crippen LogP contribution in [0.3, 0.4) is 0 Å². The molecule has 0 saturated heterocycles. The van der Waals surface area contributed by atoms with Crippen molar-refractivity contribution in [2.45, 2.75) is 10.9 Å². The summed E-state index contributed by atoms with van der Waals surface area (Å²) in [6.45, 7) is 0. The molecule has 0 spiro atoms. The van der Waals surface area contributed by atoms with E-state index >= 15 is 0 Å². The van der Waals surface area contributed by atoms with Gasteiger partial charge in [-0.25, -0.2) is 0 Å². The van der Waals surface area contributed by atoms with Crippen LogP contribution in [0.4, 0.5) is 0 Å². The van der Waals surface area contributed by atoms with Gasteiger partial charge in [0.25, 0.3) is 0 Å². The number of hydrogen-bond acceptors (Lipinski definition) is 3. The van der Waals surface area contributed by atoms with Gasteiger partial charge in [0.1, 0.15) is 0 Å². The zero-order valence-electron chi connectivity index (χ0n) is 14.5. The van der Waals surface area contributed by atoms with E-state index in [9.17, 15) is 0 Å². The molecule has 3 aromatic carbocycles. The minimum absolute atomic E-state index is 0.679. The lowest BCUT2D eigenvalue weighted by atomic mass is 10.2. The zero-order valence-corrected chi connectivity index (χ0v) is 17.6. The number of halogens is 3. The summed E-state index contributed by atoms with van der Waals surface area (Å²) in [6, 6.07) is 23.0. The fourth-order valence-electron chi connectivity index (χ4n) is 2.70. The van der Waals surface area contributed by atoms with Crippen LogP contribution in [0.5, 0.6) is 0 Å². The summed E-state index contributed by atoms with van der Waals surface area (Å²) in [7, 11) is 0. The summed E-state index contributed by atoms with van der Waals surface area (Å²) < 4.78 is 2.03. The fraction of sp³-hybridized carbons (Fsp3) is 0.0476. The Balaban J connectivity index is 1.72. The molecule has 140 valence electrons. The lowest BCUT2D eigenvalue weighted by Gasteiger charge is -2.11. The van der Waals surface area contributed by atoms with Crippen molar-refractivity contribution in [1.82, 2.24) is 14.8 Å². The highest BCUT2D eigenvalue weighted by Gasteiger charge is 2.16. The van der Waals surface area contributed by atoms with Crippen LogP contribution < -0.4 is 0 Å². The van der Waals surface area contributed by atoms with Crippen LogP contribution in [0, 0.1) is 0 Å². The van der Waals surface area contributed by atoms with E-state index in [2.05, 4.69) is 10.2 Å². The fourth-order valence-corrected chi connectivity index (χ4v) is 3.99. The van der Waals surface area contributed by atoms with E-state index in [1.54, 1.807) is 11.8 Å². The van der Waals surface area contributed by atoms with Crippen molar-refractivity contribution in [2.75, 3.05) is 0 Å². The van der Waals surface area contributed by atoms with Crippen LogP contribution in [0.1, 0.15) is 5.56 Å². The molecular formula is C21H14Cl3N3S. The monoisotopic (exact) mass is 445 g/mol. The topological polar surface area (TPSA) is 30.7 Å². The van der Waals surface area contributed by atoms with E-state index in [-0.39, 0.29) is 0 Å². The summed E-state index contributed by atoms with van der Waals surface area (Å²) in [5, 5.41) is 11.7. The van der Waals surface area contributed by atoms with Crippen LogP contribution in [0.25, 0.3) is 17.1 Å². The quantitative estimate of drug-likeness (QED) is 0.304. The Kier molecular flexibility index (Phi) is 5.93. The molecule has 0 radical (unpaired) electrons. The van der Waals surface area contributed by atoms with Gasteiger partial charge in [0.15, 0.2) is 11.0 Å². The highest BCUT2D eigenvalue weighted by Crippen LogP contribution is 2.31. The average Bonchev–Trinajstić information content (AvgIpc) is 3.13. The van der Waals surface area contributed by atoms with E-state index in [0.717, 1.165) is 38.6 Å². The second kappa shape index (κ2) is 8.58. The molecule has 0 atom stereocenters. The van der Waals surface area contributed by atoms with E-state index in [4.69, 9.17) is 34.8 Å². The Morgan fingerprint density at radius 3 is 1.82 bits per heavy atom. The van der Waals surface area contributed by atoms with Crippen LogP contribution in [0.2, 0.25) is 15.1 Å². The second-order valence-electron chi connectivity index (χ2n) is 6.04. The first kappa shape index (κ1) is 19.3. The molecule has 0 amide bonds. The SMILES string of the molecule is Clc1ccc(CSc2nnc(-c3ccc(Cl)cc3)n2-c2ccc(Cl)cc2)cc1. The molecule has 4 aromatic rings. The molecule has 0 N–H and O–H groups in total. The van der Waals surface area contributed by atoms with E-state index in [1.165, 1.54) is 0 Å². The Labute approximate surface area is 182 Å². The van der Waals surface area contributed by atoms with Crippen molar-refractivity contribution in [3.63, 3.8) is 0 Å². The molecule has 3 nitrogen and oxygen atoms in total. The number of nitrogens with zero attached hydrogens (tertiary/aromatic N) is 3. The first-order valence-electron chi connectivity index (χ1n) is 8.45. The van der Waals surface area contributed by atoms with Gasteiger partial charge in [0.05, 0.1) is 0 Å². The molecule has 0 aliphatic carbocycles. The molecular weight excluding hydrogens is 433 g/mol. The molecule has 28 heavy (non-hydrogen) atoms. The third-order valence-electron chi connectivity index (χ3n) is 4.10. The molecule has 0 saturated carbocycles. The summed E-state index contributed by atoms with van der Waals surface area (Å²) in [6.07, 6.45) is 0. The summed E-state index contributed by atoms with van der Waals surface area (Å²) in [5.74, 6) is 1.50. The smallest absolute Gasteiger partial charge is 0.196 e. The average molecular weight is 447 g/mol. The predicted octanol–water partition coefficient (Wildman–Crippen LogP) is 7.19. The lowest BCUT2D eigenvalue weighted by molar-refractivity contribution is 0.886. The molecule has 0 aliphatic rings. The zero-order chi connectivity index (χ0) is 19.5. The van der Waals surface area contributed by atoms with Crippen molar-refractivity contribution in [1.29, 1.82) is 0 Å². The molecule has 0 fully saturated rings. The largest absolute Gasteiger partial charge is 0.270 e.